The van der Waals surface area contributed by atoms with Gasteiger partial charge >= 0.3 is 6.09 Å². The van der Waals surface area contributed by atoms with E-state index in [0.717, 1.165) is 16.9 Å². The number of nitrogens with zero attached hydrogens (tertiary/aromatic N) is 2. The molecule has 0 spiro atoms. The molecule has 1 aliphatic heterocycles. The number of hydrogen-bond acceptors (Lipinski definition) is 4. The van der Waals surface area contributed by atoms with Crippen molar-refractivity contribution in [2.24, 2.45) is 0 Å². The lowest BCUT2D eigenvalue weighted by molar-refractivity contribution is -0.117. The number of carbonyl (C=O) groups excluding carboxylic acids is 2. The zero-order valence-electron chi connectivity index (χ0n) is 14.7. The molecule has 2 N–H and O–H groups in total. The van der Waals surface area contributed by atoms with Crippen LogP contribution in [0.4, 0.5) is 16.3 Å². The third-order valence-corrected chi connectivity index (χ3v) is 5.25. The molecule has 1 aliphatic carbocycles. The van der Waals surface area contributed by atoms with Crippen LogP contribution in [0, 0.1) is 0 Å². The number of rotatable bonds is 5. The van der Waals surface area contributed by atoms with E-state index in [1.54, 1.807) is 4.90 Å². The fourth-order valence-electron chi connectivity index (χ4n) is 3.29. The van der Waals surface area contributed by atoms with Gasteiger partial charge in [-0.15, -0.1) is 0 Å². The lowest BCUT2D eigenvalue weighted by Crippen LogP contribution is -2.23. The van der Waals surface area contributed by atoms with E-state index in [-0.39, 0.29) is 17.9 Å². The first-order chi connectivity index (χ1) is 12.6. The third-order valence-electron chi connectivity index (χ3n) is 5.25. The van der Waals surface area contributed by atoms with Gasteiger partial charge in [-0.1, -0.05) is 18.6 Å². The van der Waals surface area contributed by atoms with Crippen LogP contribution < -0.4 is 10.2 Å². The van der Waals surface area contributed by atoms with Gasteiger partial charge in [0.15, 0.2) is 5.82 Å². The monoisotopic (exact) mass is 354 g/mol. The Morgan fingerprint density at radius 2 is 2.12 bits per heavy atom. The summed E-state index contributed by atoms with van der Waals surface area (Å²) in [7, 11) is 0. The fraction of sp³-hybridized carbons (Fsp3) is 0.421. The first-order valence-electron chi connectivity index (χ1n) is 9.02. The standard InChI is InChI=1S/C19H22N4O3/c1-12(13-5-7-15(8-6-13)23-9-10-26-19(23)25)18(24)20-17-11-16(21-22-17)14-3-2-4-14/h5-8,11-12,14H,2-4,9-10H2,1H3,(H2,20,21,22,24)/t12-/m0/s1. The molecule has 0 radical (unpaired) electrons. The second-order valence-corrected chi connectivity index (χ2v) is 6.90. The van der Waals surface area contributed by atoms with Gasteiger partial charge in [0.2, 0.25) is 5.91 Å². The molecule has 2 aliphatic rings. The molecule has 2 heterocycles. The number of aromatic nitrogens is 2. The molecule has 4 rings (SSSR count). The number of nitrogens with one attached hydrogen (secondary N) is 2. The van der Waals surface area contributed by atoms with Crippen LogP contribution in [0.3, 0.4) is 0 Å². The van der Waals surface area contributed by atoms with Crippen molar-refractivity contribution in [3.63, 3.8) is 0 Å². The summed E-state index contributed by atoms with van der Waals surface area (Å²) in [5.74, 6) is 0.694. The quantitative estimate of drug-likeness (QED) is 0.862. The molecule has 2 aromatic rings. The van der Waals surface area contributed by atoms with E-state index in [2.05, 4.69) is 15.5 Å². The summed E-state index contributed by atoms with van der Waals surface area (Å²) >= 11 is 0. The van der Waals surface area contributed by atoms with Crippen LogP contribution in [0.25, 0.3) is 0 Å². The van der Waals surface area contributed by atoms with Crippen LogP contribution in [-0.4, -0.2) is 35.3 Å². The molecular formula is C19H22N4O3. The second-order valence-electron chi connectivity index (χ2n) is 6.90. The molecule has 2 fully saturated rings. The van der Waals surface area contributed by atoms with Crippen LogP contribution in [0.5, 0.6) is 0 Å². The maximum absolute atomic E-state index is 12.5. The van der Waals surface area contributed by atoms with Gasteiger partial charge in [0.1, 0.15) is 6.61 Å². The van der Waals surface area contributed by atoms with Crippen molar-refractivity contribution in [2.45, 2.75) is 38.0 Å². The van der Waals surface area contributed by atoms with Crippen LogP contribution in [0.1, 0.15) is 49.3 Å². The molecule has 2 amide bonds. The molecule has 7 heteroatoms. The van der Waals surface area contributed by atoms with Gasteiger partial charge in [0.05, 0.1) is 12.5 Å². The molecular weight excluding hydrogens is 332 g/mol. The summed E-state index contributed by atoms with van der Waals surface area (Å²) in [6, 6.07) is 9.35. The summed E-state index contributed by atoms with van der Waals surface area (Å²) in [6.07, 6.45) is 3.30. The second kappa shape index (κ2) is 6.82. The van der Waals surface area contributed by atoms with Gasteiger partial charge in [-0.25, -0.2) is 4.79 Å². The smallest absolute Gasteiger partial charge is 0.414 e. The molecule has 1 saturated carbocycles. The Morgan fingerprint density at radius 1 is 1.35 bits per heavy atom. The molecule has 136 valence electrons. The largest absolute Gasteiger partial charge is 0.447 e. The highest BCUT2D eigenvalue weighted by molar-refractivity contribution is 5.95. The Bertz CT molecular complexity index is 810. The number of cyclic esters (lactones) is 1. The zero-order valence-corrected chi connectivity index (χ0v) is 14.7. The molecule has 1 saturated heterocycles. The topological polar surface area (TPSA) is 87.3 Å². The lowest BCUT2D eigenvalue weighted by Gasteiger charge is -2.23. The Morgan fingerprint density at radius 3 is 2.73 bits per heavy atom. The first-order valence-corrected chi connectivity index (χ1v) is 9.02. The Kier molecular flexibility index (Phi) is 4.36. The van der Waals surface area contributed by atoms with Crippen molar-refractivity contribution in [3.05, 3.63) is 41.6 Å². The van der Waals surface area contributed by atoms with E-state index in [1.807, 2.05) is 37.3 Å². The summed E-state index contributed by atoms with van der Waals surface area (Å²) < 4.78 is 4.95. The van der Waals surface area contributed by atoms with E-state index in [0.29, 0.717) is 24.9 Å². The number of ether oxygens (including phenoxy) is 1. The van der Waals surface area contributed by atoms with Crippen molar-refractivity contribution < 1.29 is 14.3 Å². The first kappa shape index (κ1) is 16.6. The Hall–Kier alpha value is -2.83. The summed E-state index contributed by atoms with van der Waals surface area (Å²) in [6.45, 7) is 2.82. The number of anilines is 2. The Labute approximate surface area is 151 Å². The normalized spacial score (nSPS) is 18.3. The van der Waals surface area contributed by atoms with Crippen molar-refractivity contribution in [3.8, 4) is 0 Å². The van der Waals surface area contributed by atoms with Gasteiger partial charge in [0.25, 0.3) is 0 Å². The van der Waals surface area contributed by atoms with Gasteiger partial charge < -0.3 is 10.1 Å². The number of benzene rings is 1. The molecule has 1 aromatic heterocycles. The Balaban J connectivity index is 1.39. The minimum absolute atomic E-state index is 0.106. The lowest BCUT2D eigenvalue weighted by atomic mass is 9.83. The summed E-state index contributed by atoms with van der Waals surface area (Å²) in [5, 5.41) is 10.1. The highest BCUT2D eigenvalue weighted by Gasteiger charge is 2.25. The van der Waals surface area contributed by atoms with Crippen molar-refractivity contribution >= 4 is 23.5 Å². The molecule has 26 heavy (non-hydrogen) atoms. The highest BCUT2D eigenvalue weighted by atomic mass is 16.6. The average molecular weight is 354 g/mol. The zero-order chi connectivity index (χ0) is 18.1. The maximum atomic E-state index is 12.5. The minimum Gasteiger partial charge on any atom is -0.447 e. The number of aromatic amines is 1. The third kappa shape index (κ3) is 3.16. The van der Waals surface area contributed by atoms with Gasteiger partial charge in [-0.05, 0) is 37.5 Å². The van der Waals surface area contributed by atoms with Crippen LogP contribution >= 0.6 is 0 Å². The molecule has 1 aromatic carbocycles. The van der Waals surface area contributed by atoms with Gasteiger partial charge in [0, 0.05) is 23.4 Å². The van der Waals surface area contributed by atoms with Crippen LogP contribution in [0.2, 0.25) is 0 Å². The van der Waals surface area contributed by atoms with Gasteiger partial charge in [-0.2, -0.15) is 5.10 Å². The average Bonchev–Trinajstić information content (AvgIpc) is 3.22. The maximum Gasteiger partial charge on any atom is 0.414 e. The summed E-state index contributed by atoms with van der Waals surface area (Å²) in [5.41, 5.74) is 2.76. The van der Waals surface area contributed by atoms with Crippen LogP contribution in [-0.2, 0) is 9.53 Å². The minimum atomic E-state index is -0.329. The fourth-order valence-corrected chi connectivity index (χ4v) is 3.29. The summed E-state index contributed by atoms with van der Waals surface area (Å²) in [4.78, 5) is 25.7. The number of hydrogen-bond donors (Lipinski definition) is 2. The predicted molar refractivity (Wildman–Crippen MR) is 97.4 cm³/mol. The number of carbonyl (C=O) groups is 2. The number of H-pyrrole nitrogens is 1. The van der Waals surface area contributed by atoms with E-state index >= 15 is 0 Å². The molecule has 0 bridgehead atoms. The molecule has 7 nitrogen and oxygen atoms in total. The van der Waals surface area contributed by atoms with Gasteiger partial charge in [-0.3, -0.25) is 14.8 Å². The van der Waals surface area contributed by atoms with Crippen molar-refractivity contribution in [1.29, 1.82) is 0 Å². The van der Waals surface area contributed by atoms with E-state index in [4.69, 9.17) is 4.74 Å². The van der Waals surface area contributed by atoms with E-state index in [1.165, 1.54) is 19.3 Å². The van der Waals surface area contributed by atoms with E-state index < -0.39 is 0 Å². The van der Waals surface area contributed by atoms with Crippen molar-refractivity contribution in [2.75, 3.05) is 23.4 Å². The molecule has 0 unspecified atom stereocenters. The van der Waals surface area contributed by atoms with E-state index in [9.17, 15) is 9.59 Å². The predicted octanol–water partition coefficient (Wildman–Crippen LogP) is 3.38. The van der Waals surface area contributed by atoms with Crippen LogP contribution in [0.15, 0.2) is 30.3 Å². The SMILES string of the molecule is C[C@H](C(=O)Nc1cc(C2CCC2)[nH]n1)c1ccc(N2CCOC2=O)cc1. The highest BCUT2D eigenvalue weighted by Crippen LogP contribution is 2.36. The van der Waals surface area contributed by atoms with Crippen molar-refractivity contribution in [1.82, 2.24) is 10.2 Å². The molecule has 1 atom stereocenters. The number of amides is 2.